The molecule has 0 saturated carbocycles. The molecular weight excluding hydrogens is 454 g/mol. The minimum absolute atomic E-state index is 0.0137. The number of benzene rings is 2. The van der Waals surface area contributed by atoms with Crippen LogP contribution in [0, 0.1) is 0 Å². The Hall–Kier alpha value is -3.49. The molecule has 9 heteroatoms. The number of carbonyl (C=O) groups excluding carboxylic acids is 2. The Morgan fingerprint density at radius 3 is 2.88 bits per heavy atom. The Morgan fingerprint density at radius 1 is 1.26 bits per heavy atom. The molecule has 0 bridgehead atoms. The van der Waals surface area contributed by atoms with Gasteiger partial charge in [-0.2, -0.15) is 0 Å². The van der Waals surface area contributed by atoms with Gasteiger partial charge in [-0.05, 0) is 55.3 Å². The second-order valence-corrected chi connectivity index (χ2v) is 8.87. The number of carbonyl (C=O) groups is 2. The van der Waals surface area contributed by atoms with Gasteiger partial charge >= 0.3 is 0 Å². The van der Waals surface area contributed by atoms with E-state index in [0.717, 1.165) is 36.2 Å². The fourth-order valence-electron chi connectivity index (χ4n) is 4.48. The predicted octanol–water partition coefficient (Wildman–Crippen LogP) is 4.29. The number of ether oxygens (including phenoxy) is 1. The van der Waals surface area contributed by atoms with Gasteiger partial charge in [0, 0.05) is 47.3 Å². The third-order valence-corrected chi connectivity index (χ3v) is 6.35. The molecule has 1 saturated heterocycles. The van der Waals surface area contributed by atoms with Gasteiger partial charge in [-0.15, -0.1) is 0 Å². The second kappa shape index (κ2) is 9.40. The Kier molecular flexibility index (Phi) is 6.17. The van der Waals surface area contributed by atoms with Crippen molar-refractivity contribution < 1.29 is 14.3 Å². The van der Waals surface area contributed by atoms with Crippen LogP contribution < -0.4 is 10.6 Å². The van der Waals surface area contributed by atoms with E-state index >= 15 is 0 Å². The van der Waals surface area contributed by atoms with Gasteiger partial charge in [-0.25, -0.2) is 9.97 Å². The maximum absolute atomic E-state index is 12.9. The number of amides is 2. The second-order valence-electron chi connectivity index (χ2n) is 8.43. The molecule has 2 aliphatic heterocycles. The van der Waals surface area contributed by atoms with Crippen LogP contribution in [0.1, 0.15) is 28.8 Å². The number of hydrogen-bond donors (Lipinski definition) is 2. The van der Waals surface area contributed by atoms with Crippen molar-refractivity contribution in [3.8, 4) is 11.3 Å². The van der Waals surface area contributed by atoms with Crippen molar-refractivity contribution in [1.82, 2.24) is 14.9 Å². The van der Waals surface area contributed by atoms with Crippen LogP contribution in [0.25, 0.3) is 11.3 Å². The Labute approximate surface area is 202 Å². The maximum atomic E-state index is 12.9. The molecule has 1 aromatic heterocycles. The monoisotopic (exact) mass is 477 g/mol. The highest BCUT2D eigenvalue weighted by atomic mass is 35.5. The number of fused-ring (bicyclic) bond motifs is 3. The average Bonchev–Trinajstić information content (AvgIpc) is 3.23. The van der Waals surface area contributed by atoms with E-state index in [9.17, 15) is 9.59 Å². The maximum Gasteiger partial charge on any atom is 0.254 e. The third kappa shape index (κ3) is 4.47. The summed E-state index contributed by atoms with van der Waals surface area (Å²) in [5, 5.41) is 6.60. The predicted molar refractivity (Wildman–Crippen MR) is 130 cm³/mol. The fraction of sp³-hybridized carbons (Fsp3) is 0.280. The van der Waals surface area contributed by atoms with Crippen LogP contribution in [0.4, 0.5) is 17.3 Å². The number of rotatable bonds is 5. The molecule has 0 aliphatic carbocycles. The molecule has 1 fully saturated rings. The van der Waals surface area contributed by atoms with Gasteiger partial charge in [0.1, 0.15) is 0 Å². The van der Waals surface area contributed by atoms with E-state index in [1.54, 1.807) is 37.6 Å². The number of hydrogen-bond acceptors (Lipinski definition) is 6. The van der Waals surface area contributed by atoms with Crippen molar-refractivity contribution in [2.75, 3.05) is 30.9 Å². The van der Waals surface area contributed by atoms with Gasteiger partial charge in [0.15, 0.2) is 0 Å². The molecule has 8 nitrogen and oxygen atoms in total. The van der Waals surface area contributed by atoms with Crippen LogP contribution in [0.2, 0.25) is 5.02 Å². The summed E-state index contributed by atoms with van der Waals surface area (Å²) in [6.07, 6.45) is 3.80. The van der Waals surface area contributed by atoms with Crippen LogP contribution in [-0.4, -0.2) is 53.0 Å². The molecule has 3 heterocycles. The number of nitrogens with one attached hydrogen (secondary N) is 2. The molecule has 3 aromatic rings. The van der Waals surface area contributed by atoms with Gasteiger partial charge in [0.05, 0.1) is 30.5 Å². The van der Waals surface area contributed by atoms with E-state index in [-0.39, 0.29) is 24.3 Å². The summed E-state index contributed by atoms with van der Waals surface area (Å²) in [6, 6.07) is 12.7. The summed E-state index contributed by atoms with van der Waals surface area (Å²) in [7, 11) is 1.66. The van der Waals surface area contributed by atoms with E-state index in [4.69, 9.17) is 16.3 Å². The quantitative estimate of drug-likeness (QED) is 0.569. The zero-order chi connectivity index (χ0) is 23.7. The lowest BCUT2D eigenvalue weighted by molar-refractivity contribution is -0.115. The highest BCUT2D eigenvalue weighted by Gasteiger charge is 2.29. The van der Waals surface area contributed by atoms with Crippen LogP contribution in [0.5, 0.6) is 0 Å². The van der Waals surface area contributed by atoms with Crippen molar-refractivity contribution in [3.63, 3.8) is 0 Å². The van der Waals surface area contributed by atoms with Crippen LogP contribution >= 0.6 is 11.6 Å². The van der Waals surface area contributed by atoms with E-state index in [0.29, 0.717) is 34.5 Å². The van der Waals surface area contributed by atoms with Crippen LogP contribution in [0.15, 0.2) is 48.7 Å². The number of likely N-dealkylation sites (tertiary alicyclic amines) is 1. The topological polar surface area (TPSA) is 96.4 Å². The molecule has 174 valence electrons. The van der Waals surface area contributed by atoms with E-state index < -0.39 is 0 Å². The highest BCUT2D eigenvalue weighted by molar-refractivity contribution is 6.31. The minimum atomic E-state index is -0.141. The summed E-state index contributed by atoms with van der Waals surface area (Å²) in [5.74, 6) is 0.269. The number of anilines is 3. The van der Waals surface area contributed by atoms with E-state index in [1.165, 1.54) is 0 Å². The summed E-state index contributed by atoms with van der Waals surface area (Å²) >= 11 is 6.11. The SMILES string of the molecule is COCC1CCCN1C(=O)c1ccc(Nc2ncc3c(n2)-c2ccc(Cl)cc2NC(=O)C3)cc1. The largest absolute Gasteiger partial charge is 0.383 e. The van der Waals surface area contributed by atoms with Gasteiger partial charge in [-0.3, -0.25) is 9.59 Å². The van der Waals surface area contributed by atoms with Crippen molar-refractivity contribution in [2.45, 2.75) is 25.3 Å². The molecule has 2 amide bonds. The van der Waals surface area contributed by atoms with Crippen molar-refractivity contribution >= 4 is 40.7 Å². The fourth-order valence-corrected chi connectivity index (χ4v) is 4.66. The van der Waals surface area contributed by atoms with Crippen molar-refractivity contribution in [2.24, 2.45) is 0 Å². The van der Waals surface area contributed by atoms with Gasteiger partial charge in [0.2, 0.25) is 11.9 Å². The molecule has 0 radical (unpaired) electrons. The normalized spacial score (nSPS) is 16.9. The minimum Gasteiger partial charge on any atom is -0.383 e. The summed E-state index contributed by atoms with van der Waals surface area (Å²) in [4.78, 5) is 36.2. The Balaban J connectivity index is 1.36. The first-order chi connectivity index (χ1) is 16.5. The van der Waals surface area contributed by atoms with E-state index in [2.05, 4.69) is 20.6 Å². The molecular formula is C25H24ClN5O3. The molecule has 2 aliphatic rings. The first-order valence-corrected chi connectivity index (χ1v) is 11.5. The van der Waals surface area contributed by atoms with Crippen molar-refractivity contribution in [3.05, 3.63) is 64.8 Å². The first-order valence-electron chi connectivity index (χ1n) is 11.1. The Bertz CT molecular complexity index is 1250. The third-order valence-electron chi connectivity index (χ3n) is 6.11. The lowest BCUT2D eigenvalue weighted by Crippen LogP contribution is -2.38. The molecule has 0 spiro atoms. The summed E-state index contributed by atoms with van der Waals surface area (Å²) < 4.78 is 5.26. The molecule has 34 heavy (non-hydrogen) atoms. The smallest absolute Gasteiger partial charge is 0.254 e. The number of aromatic nitrogens is 2. The van der Waals surface area contributed by atoms with Gasteiger partial charge < -0.3 is 20.3 Å². The number of methoxy groups -OCH3 is 1. The number of halogens is 1. The van der Waals surface area contributed by atoms with E-state index in [1.807, 2.05) is 23.1 Å². The lowest BCUT2D eigenvalue weighted by Gasteiger charge is -2.24. The standard InChI is InChI=1S/C25H24ClN5O3/c1-34-14-19-3-2-10-31(19)24(33)15-4-7-18(8-5-15)28-25-27-13-16-11-22(32)29-21-12-17(26)6-9-20(21)23(16)30-25/h4-9,12-13,19H,2-3,10-11,14H2,1H3,(H,29,32)(H,27,28,30). The molecule has 5 rings (SSSR count). The summed E-state index contributed by atoms with van der Waals surface area (Å²) in [5.41, 5.74) is 4.21. The van der Waals surface area contributed by atoms with Gasteiger partial charge in [-0.1, -0.05) is 11.6 Å². The first kappa shape index (κ1) is 22.3. The van der Waals surface area contributed by atoms with Crippen molar-refractivity contribution in [1.29, 1.82) is 0 Å². The molecule has 1 unspecified atom stereocenters. The molecule has 2 aromatic carbocycles. The van der Waals surface area contributed by atoms with Gasteiger partial charge in [0.25, 0.3) is 5.91 Å². The lowest BCUT2D eigenvalue weighted by atomic mass is 10.1. The highest BCUT2D eigenvalue weighted by Crippen LogP contribution is 2.35. The van der Waals surface area contributed by atoms with Crippen LogP contribution in [-0.2, 0) is 16.0 Å². The average molecular weight is 478 g/mol. The summed E-state index contributed by atoms with van der Waals surface area (Å²) in [6.45, 7) is 1.30. The zero-order valence-electron chi connectivity index (χ0n) is 18.7. The number of nitrogens with zero attached hydrogens (tertiary/aromatic N) is 3. The molecule has 1 atom stereocenters. The molecule has 2 N–H and O–H groups in total. The zero-order valence-corrected chi connectivity index (χ0v) is 19.4. The Morgan fingerprint density at radius 2 is 2.09 bits per heavy atom. The van der Waals surface area contributed by atoms with Crippen LogP contribution in [0.3, 0.4) is 0 Å².